The van der Waals surface area contributed by atoms with Crippen molar-refractivity contribution in [1.82, 2.24) is 4.98 Å². The number of pyridine rings is 1. The number of benzene rings is 1. The van der Waals surface area contributed by atoms with Crippen LogP contribution in [-0.2, 0) is 11.2 Å². The van der Waals surface area contributed by atoms with E-state index in [2.05, 4.69) is 10.3 Å². The van der Waals surface area contributed by atoms with Gasteiger partial charge < -0.3 is 11.1 Å². The zero-order valence-electron chi connectivity index (χ0n) is 10.2. The molecule has 2 rings (SSSR count). The zero-order valence-corrected chi connectivity index (χ0v) is 11.0. The Kier molecular flexibility index (Phi) is 4.49. The Morgan fingerprint density at radius 1 is 1.21 bits per heavy atom. The highest BCUT2D eigenvalue weighted by Crippen LogP contribution is 2.10. The molecule has 1 aromatic heterocycles. The number of nitrogens with two attached hydrogens (primary N) is 1. The summed E-state index contributed by atoms with van der Waals surface area (Å²) in [5, 5.41) is 2.97. The minimum absolute atomic E-state index is 0.279. The van der Waals surface area contributed by atoms with Crippen molar-refractivity contribution >= 4 is 23.3 Å². The Labute approximate surface area is 116 Å². The van der Waals surface area contributed by atoms with Crippen molar-refractivity contribution in [3.8, 4) is 0 Å². The van der Waals surface area contributed by atoms with Crippen molar-refractivity contribution in [3.63, 3.8) is 0 Å². The fourth-order valence-electron chi connectivity index (χ4n) is 1.66. The number of nitrogens with zero attached hydrogens (tertiary/aromatic N) is 1. The van der Waals surface area contributed by atoms with E-state index in [9.17, 15) is 4.79 Å². The molecule has 0 saturated carbocycles. The van der Waals surface area contributed by atoms with Crippen molar-refractivity contribution in [3.05, 3.63) is 59.2 Å². The average molecular weight is 276 g/mol. The highest BCUT2D eigenvalue weighted by atomic mass is 35.5. The van der Waals surface area contributed by atoms with Crippen LogP contribution in [0.25, 0.3) is 0 Å². The second kappa shape index (κ2) is 6.31. The Morgan fingerprint density at radius 2 is 1.95 bits per heavy atom. The number of halogens is 1. The van der Waals surface area contributed by atoms with E-state index in [1.807, 2.05) is 30.3 Å². The molecule has 0 aliphatic rings. The first-order valence-corrected chi connectivity index (χ1v) is 6.26. The summed E-state index contributed by atoms with van der Waals surface area (Å²) in [6.45, 7) is 0. The molecule has 3 N–H and O–H groups in total. The first kappa shape index (κ1) is 13.5. The predicted molar refractivity (Wildman–Crippen MR) is 76.0 cm³/mol. The largest absolute Gasteiger partial charge is 0.320 e. The van der Waals surface area contributed by atoms with Gasteiger partial charge in [-0.15, -0.1) is 0 Å². The van der Waals surface area contributed by atoms with Gasteiger partial charge in [-0.05, 0) is 24.1 Å². The Morgan fingerprint density at radius 3 is 2.63 bits per heavy atom. The van der Waals surface area contributed by atoms with E-state index in [0.29, 0.717) is 17.4 Å². The van der Waals surface area contributed by atoms with Gasteiger partial charge in [0.2, 0.25) is 5.91 Å². The number of anilines is 1. The number of amides is 1. The topological polar surface area (TPSA) is 68.0 Å². The molecular formula is C14H14ClN3O. The SMILES string of the molecule is N[C@@H](Cc1ccccc1)C(=O)Nc1cccc(Cl)n1. The Balaban J connectivity index is 1.96. The van der Waals surface area contributed by atoms with E-state index in [1.165, 1.54) is 0 Å². The maximum atomic E-state index is 11.9. The standard InChI is InChI=1S/C14H14ClN3O/c15-12-7-4-8-13(17-12)18-14(19)11(16)9-10-5-2-1-3-6-10/h1-8,11H,9,16H2,(H,17,18,19)/t11-/m0/s1. The van der Waals surface area contributed by atoms with E-state index >= 15 is 0 Å². The molecule has 19 heavy (non-hydrogen) atoms. The second-order valence-electron chi connectivity index (χ2n) is 4.13. The molecule has 4 nitrogen and oxygen atoms in total. The van der Waals surface area contributed by atoms with Gasteiger partial charge in [0.1, 0.15) is 11.0 Å². The summed E-state index contributed by atoms with van der Waals surface area (Å²) in [5.41, 5.74) is 6.88. The molecule has 98 valence electrons. The Bertz CT molecular complexity index is 560. The smallest absolute Gasteiger partial charge is 0.242 e. The Hall–Kier alpha value is -1.91. The van der Waals surface area contributed by atoms with Crippen LogP contribution in [0.15, 0.2) is 48.5 Å². The lowest BCUT2D eigenvalue weighted by atomic mass is 10.1. The third-order valence-electron chi connectivity index (χ3n) is 2.60. The van der Waals surface area contributed by atoms with Crippen LogP contribution < -0.4 is 11.1 Å². The maximum Gasteiger partial charge on any atom is 0.242 e. The molecule has 0 unspecified atom stereocenters. The van der Waals surface area contributed by atoms with Gasteiger partial charge in [-0.25, -0.2) is 4.98 Å². The van der Waals surface area contributed by atoms with Gasteiger partial charge in [0.25, 0.3) is 0 Å². The summed E-state index contributed by atoms with van der Waals surface area (Å²) < 4.78 is 0. The summed E-state index contributed by atoms with van der Waals surface area (Å²) in [7, 11) is 0. The van der Waals surface area contributed by atoms with Crippen LogP contribution in [0.5, 0.6) is 0 Å². The monoisotopic (exact) mass is 275 g/mol. The lowest BCUT2D eigenvalue weighted by Crippen LogP contribution is -2.37. The van der Waals surface area contributed by atoms with E-state index in [-0.39, 0.29) is 5.91 Å². The van der Waals surface area contributed by atoms with Gasteiger partial charge in [0.15, 0.2) is 0 Å². The summed E-state index contributed by atoms with van der Waals surface area (Å²) in [6, 6.07) is 14.0. The summed E-state index contributed by atoms with van der Waals surface area (Å²) in [5.74, 6) is 0.125. The minimum Gasteiger partial charge on any atom is -0.320 e. The molecule has 0 radical (unpaired) electrons. The predicted octanol–water partition coefficient (Wildman–Crippen LogP) is 2.24. The van der Waals surface area contributed by atoms with Crippen LogP contribution in [0.2, 0.25) is 5.15 Å². The third kappa shape index (κ3) is 4.05. The maximum absolute atomic E-state index is 11.9. The van der Waals surface area contributed by atoms with E-state index in [0.717, 1.165) is 5.56 Å². The normalized spacial score (nSPS) is 11.9. The fraction of sp³-hybridized carbons (Fsp3) is 0.143. The quantitative estimate of drug-likeness (QED) is 0.841. The minimum atomic E-state index is -0.622. The summed E-state index contributed by atoms with van der Waals surface area (Å²) in [6.07, 6.45) is 0.479. The van der Waals surface area contributed by atoms with Gasteiger partial charge in [-0.2, -0.15) is 0 Å². The number of carbonyl (C=O) groups excluding carboxylic acids is 1. The first-order valence-electron chi connectivity index (χ1n) is 5.88. The van der Waals surface area contributed by atoms with Gasteiger partial charge in [-0.1, -0.05) is 48.0 Å². The van der Waals surface area contributed by atoms with Crippen LogP contribution in [-0.4, -0.2) is 16.9 Å². The van der Waals surface area contributed by atoms with Crippen LogP contribution in [0.4, 0.5) is 5.82 Å². The molecule has 0 bridgehead atoms. The van der Waals surface area contributed by atoms with Crippen LogP contribution in [0, 0.1) is 0 Å². The van der Waals surface area contributed by atoms with Crippen molar-refractivity contribution in [2.75, 3.05) is 5.32 Å². The lowest BCUT2D eigenvalue weighted by Gasteiger charge is -2.11. The van der Waals surface area contributed by atoms with Crippen LogP contribution in [0.1, 0.15) is 5.56 Å². The van der Waals surface area contributed by atoms with Gasteiger partial charge in [0, 0.05) is 0 Å². The molecule has 5 heteroatoms. The first-order chi connectivity index (χ1) is 9.15. The highest BCUT2D eigenvalue weighted by Gasteiger charge is 2.14. The summed E-state index contributed by atoms with van der Waals surface area (Å²) >= 11 is 5.74. The molecule has 0 saturated heterocycles. The van der Waals surface area contributed by atoms with Crippen molar-refractivity contribution in [2.24, 2.45) is 5.73 Å². The molecule has 0 aliphatic carbocycles. The molecule has 2 aromatic rings. The number of aromatic nitrogens is 1. The molecule has 1 atom stereocenters. The van der Waals surface area contributed by atoms with E-state index in [1.54, 1.807) is 18.2 Å². The zero-order chi connectivity index (χ0) is 13.7. The van der Waals surface area contributed by atoms with Crippen molar-refractivity contribution in [1.29, 1.82) is 0 Å². The highest BCUT2D eigenvalue weighted by molar-refractivity contribution is 6.29. The average Bonchev–Trinajstić information content (AvgIpc) is 2.40. The van der Waals surface area contributed by atoms with Crippen LogP contribution >= 0.6 is 11.6 Å². The lowest BCUT2D eigenvalue weighted by molar-refractivity contribution is -0.117. The molecule has 0 spiro atoms. The molecule has 0 aliphatic heterocycles. The number of nitrogens with one attached hydrogen (secondary N) is 1. The molecule has 1 heterocycles. The number of rotatable bonds is 4. The number of carbonyl (C=O) groups is 1. The molecule has 0 fully saturated rings. The van der Waals surface area contributed by atoms with Crippen LogP contribution in [0.3, 0.4) is 0 Å². The van der Waals surface area contributed by atoms with E-state index < -0.39 is 6.04 Å². The number of hydrogen-bond donors (Lipinski definition) is 2. The van der Waals surface area contributed by atoms with Gasteiger partial charge in [-0.3, -0.25) is 4.79 Å². The second-order valence-corrected chi connectivity index (χ2v) is 4.52. The van der Waals surface area contributed by atoms with Gasteiger partial charge >= 0.3 is 0 Å². The third-order valence-corrected chi connectivity index (χ3v) is 2.81. The fourth-order valence-corrected chi connectivity index (χ4v) is 1.82. The molecule has 1 aromatic carbocycles. The van der Waals surface area contributed by atoms with Crippen molar-refractivity contribution in [2.45, 2.75) is 12.5 Å². The van der Waals surface area contributed by atoms with E-state index in [4.69, 9.17) is 17.3 Å². The molecule has 1 amide bonds. The van der Waals surface area contributed by atoms with Gasteiger partial charge in [0.05, 0.1) is 6.04 Å². The van der Waals surface area contributed by atoms with Crippen molar-refractivity contribution < 1.29 is 4.79 Å². The number of hydrogen-bond acceptors (Lipinski definition) is 3. The summed E-state index contributed by atoms with van der Waals surface area (Å²) in [4.78, 5) is 15.9. The molecular weight excluding hydrogens is 262 g/mol.